The van der Waals surface area contributed by atoms with Crippen LogP contribution in [0.4, 0.5) is 0 Å². The van der Waals surface area contributed by atoms with Crippen molar-refractivity contribution in [2.24, 2.45) is 17.6 Å². The van der Waals surface area contributed by atoms with Gasteiger partial charge >= 0.3 is 11.9 Å². The van der Waals surface area contributed by atoms with Gasteiger partial charge in [-0.2, -0.15) is 12.6 Å². The number of hydrogen-bond donors (Lipinski definition) is 15. The van der Waals surface area contributed by atoms with Gasteiger partial charge in [-0.25, -0.2) is 0 Å². The van der Waals surface area contributed by atoms with Gasteiger partial charge in [-0.05, 0) is 72.8 Å². The smallest absolute Gasteiger partial charge is 0.305 e. The highest BCUT2D eigenvalue weighted by Gasteiger charge is 2.42. The first-order valence-corrected chi connectivity index (χ1v) is 33.2. The first-order valence-electron chi connectivity index (χ1n) is 32.6. The van der Waals surface area contributed by atoms with E-state index >= 15 is 9.59 Å². The molecule has 29 heteroatoms. The van der Waals surface area contributed by atoms with E-state index in [-0.39, 0.29) is 49.6 Å². The van der Waals surface area contributed by atoms with Crippen LogP contribution in [0.3, 0.4) is 0 Å². The zero-order chi connectivity index (χ0) is 70.6. The fraction of sp³-hybridized carbons (Fsp3) is 0.537. The fourth-order valence-electron chi connectivity index (χ4n) is 11.8. The quantitative estimate of drug-likeness (QED) is 0.0357. The van der Waals surface area contributed by atoms with Gasteiger partial charge in [0, 0.05) is 38.0 Å². The molecule has 0 aromatic heterocycles. The van der Waals surface area contributed by atoms with Gasteiger partial charge in [0.2, 0.25) is 65.0 Å². The molecule has 0 unspecified atom stereocenters. The van der Waals surface area contributed by atoms with Crippen LogP contribution in [0.15, 0.2) is 84.9 Å². The molecule has 15 N–H and O–H groups in total. The molecule has 5 rings (SSSR count). The molecule has 1 heterocycles. The minimum atomic E-state index is -1.72. The summed E-state index contributed by atoms with van der Waals surface area (Å²) in [5, 5.41) is 62.6. The number of nitrogens with two attached hydrogens (primary N) is 1. The van der Waals surface area contributed by atoms with Crippen LogP contribution in [0.25, 0.3) is 0 Å². The first kappa shape index (κ1) is 77.6. The molecular formula is C67H93N11O17S. The number of nitrogens with one attached hydrogen (secondary N) is 9. The molecule has 1 saturated carbocycles. The Labute approximate surface area is 563 Å². The van der Waals surface area contributed by atoms with Crippen LogP contribution in [-0.2, 0) is 68.7 Å². The summed E-state index contributed by atoms with van der Waals surface area (Å²) in [6.45, 7) is 5.52. The van der Waals surface area contributed by atoms with Gasteiger partial charge in [-0.15, -0.1) is 0 Å². The maximum atomic E-state index is 15.4. The number of phenolic OH excluding ortho intramolecular Hbond substituents is 1. The predicted octanol–water partition coefficient (Wildman–Crippen LogP) is 1.09. The summed E-state index contributed by atoms with van der Waals surface area (Å²) in [6, 6.07) is 8.50. The molecule has 0 radical (unpaired) electrons. The molecule has 1 saturated heterocycles. The second-order valence-electron chi connectivity index (χ2n) is 24.5. The summed E-state index contributed by atoms with van der Waals surface area (Å²) in [4.78, 5) is 179. The molecule has 2 aliphatic rings. The van der Waals surface area contributed by atoms with Crippen LogP contribution < -0.4 is 53.6 Å². The number of thiol groups is 1. The maximum Gasteiger partial charge on any atom is 0.305 e. The van der Waals surface area contributed by atoms with E-state index in [9.17, 15) is 73.2 Å². The monoisotopic (exact) mass is 1360 g/mol. The number of hydrogen-bond acceptors (Lipinski definition) is 16. The van der Waals surface area contributed by atoms with E-state index in [1.165, 1.54) is 29.2 Å². The molecule has 1 aliphatic carbocycles. The largest absolute Gasteiger partial charge is 0.508 e. The normalized spacial score (nSPS) is 17.0. The Balaban J connectivity index is 1.40. The molecule has 0 spiro atoms. The molecule has 96 heavy (non-hydrogen) atoms. The molecule has 3 aromatic rings. The number of aliphatic carboxylic acids is 2. The predicted molar refractivity (Wildman–Crippen MR) is 354 cm³/mol. The van der Waals surface area contributed by atoms with Crippen molar-refractivity contribution in [3.8, 4) is 5.75 Å². The van der Waals surface area contributed by atoms with Crippen LogP contribution in [0, 0.1) is 11.8 Å². The number of rotatable bonds is 38. The van der Waals surface area contributed by atoms with Crippen molar-refractivity contribution in [2.75, 3.05) is 18.9 Å². The lowest BCUT2D eigenvalue weighted by atomic mass is 9.83. The molecule has 11 atom stereocenters. The number of carbonyl (C=O) groups excluding carboxylic acids is 11. The Bertz CT molecular complexity index is 3100. The zero-order valence-electron chi connectivity index (χ0n) is 54.6. The molecule has 0 bridgehead atoms. The molecule has 11 amide bonds. The third-order valence-electron chi connectivity index (χ3n) is 17.3. The molecule has 3 aromatic carbocycles. The van der Waals surface area contributed by atoms with Gasteiger partial charge in [0.25, 0.3) is 0 Å². The Morgan fingerprint density at radius 1 is 0.573 bits per heavy atom. The van der Waals surface area contributed by atoms with E-state index in [2.05, 4.69) is 60.5 Å². The number of aliphatic hydroxyl groups is 1. The Morgan fingerprint density at radius 3 is 1.65 bits per heavy atom. The van der Waals surface area contributed by atoms with E-state index in [1.807, 2.05) is 6.92 Å². The van der Waals surface area contributed by atoms with Crippen molar-refractivity contribution in [3.05, 3.63) is 102 Å². The lowest BCUT2D eigenvalue weighted by molar-refractivity contribution is -0.142. The van der Waals surface area contributed by atoms with Gasteiger partial charge in [-0.1, -0.05) is 145 Å². The second-order valence-corrected chi connectivity index (χ2v) is 24.9. The summed E-state index contributed by atoms with van der Waals surface area (Å²) >= 11 is 4.46. The number of phenols is 1. The number of benzene rings is 3. The number of carbonyl (C=O) groups is 13. The Kier molecular flexibility index (Phi) is 31.6. The number of carboxylic acids is 2. The van der Waals surface area contributed by atoms with Crippen molar-refractivity contribution in [2.45, 2.75) is 197 Å². The third-order valence-corrected chi connectivity index (χ3v) is 17.6. The fourth-order valence-corrected chi connectivity index (χ4v) is 12.1. The number of likely N-dealkylation sites (tertiary alicyclic amines) is 1. The average Bonchev–Trinajstić information content (AvgIpc) is 1.01. The third kappa shape index (κ3) is 24.0. The molecule has 524 valence electrons. The van der Waals surface area contributed by atoms with Crippen LogP contribution in [0.5, 0.6) is 5.75 Å². The van der Waals surface area contributed by atoms with Gasteiger partial charge in [-0.3, -0.25) is 62.3 Å². The van der Waals surface area contributed by atoms with E-state index in [1.54, 1.807) is 74.5 Å². The summed E-state index contributed by atoms with van der Waals surface area (Å²) < 4.78 is 0. The van der Waals surface area contributed by atoms with Crippen LogP contribution in [-0.4, -0.2) is 182 Å². The van der Waals surface area contributed by atoms with Crippen molar-refractivity contribution < 1.29 is 82.8 Å². The lowest BCUT2D eigenvalue weighted by Gasteiger charge is -2.34. The van der Waals surface area contributed by atoms with Crippen LogP contribution >= 0.6 is 12.6 Å². The number of aliphatic hydroxyl groups excluding tert-OH is 1. The van der Waals surface area contributed by atoms with E-state index < -0.39 is 175 Å². The van der Waals surface area contributed by atoms with Gasteiger partial charge in [0.15, 0.2) is 0 Å². The highest BCUT2D eigenvalue weighted by atomic mass is 32.1. The number of primary amides is 1. The average molecular weight is 1360 g/mol. The number of carboxylic acid groups (broad SMARTS) is 2. The Hall–Kier alpha value is -9.12. The van der Waals surface area contributed by atoms with Crippen molar-refractivity contribution in [1.82, 2.24) is 52.8 Å². The Morgan fingerprint density at radius 2 is 1.09 bits per heavy atom. The van der Waals surface area contributed by atoms with Crippen molar-refractivity contribution in [3.63, 3.8) is 0 Å². The standard InChI is InChI=1S/C67H93N11O17S/c1-5-7-24-45(59(87)74-50(36-79)63(91)72-47(58(68)86)33-41-26-28-44(81)29-27-41)71-64(92)52-25-17-32-78(52)67(95)51(37-96)75-61(89)48(34-40-18-11-8-12-19-40)73-65(93)56(38(3)6-2)76-66(94)57(55(42-20-13-9-14-21-42)43-22-15-10-16-23-43)77-60(88)46(30-31-53(82)83)70-62(90)49(35-54(84)85)69-39(4)80/h9-10,13-16,20-23,26-29,38,40,45-52,55-57,79,81,96H,5-8,11-12,17-19,24-25,30-37H2,1-4H3,(H2,68,86)(H,69,80)(H,70,90)(H,71,92)(H,72,91)(H,73,93)(H,74,87)(H,75,89)(H,76,94)(H,77,88)(H,82,83)(H,84,85)/t38-,45-,46-,47-,48-,49-,50-,51-,52-,56-,57-/m0/s1. The molecule has 2 fully saturated rings. The topological polar surface area (TPSA) is 440 Å². The van der Waals surface area contributed by atoms with Gasteiger partial charge < -0.3 is 78.9 Å². The van der Waals surface area contributed by atoms with E-state index in [0.29, 0.717) is 42.4 Å². The maximum absolute atomic E-state index is 15.4. The molecular weight excluding hydrogens is 1260 g/mol. The minimum absolute atomic E-state index is 0.0271. The summed E-state index contributed by atoms with van der Waals surface area (Å²) in [5.41, 5.74) is 7.13. The number of unbranched alkanes of at least 4 members (excludes halogenated alkanes) is 1. The van der Waals surface area contributed by atoms with Gasteiger partial charge in [0.05, 0.1) is 13.0 Å². The van der Waals surface area contributed by atoms with E-state index in [0.717, 1.165) is 39.0 Å². The first-order chi connectivity index (χ1) is 45.8. The highest BCUT2D eigenvalue weighted by Crippen LogP contribution is 2.31. The van der Waals surface area contributed by atoms with Crippen LogP contribution in [0.1, 0.15) is 147 Å². The zero-order valence-corrected chi connectivity index (χ0v) is 55.5. The minimum Gasteiger partial charge on any atom is -0.508 e. The van der Waals surface area contributed by atoms with E-state index in [4.69, 9.17) is 5.73 Å². The summed E-state index contributed by atoms with van der Waals surface area (Å²) in [6.07, 6.45) is 3.92. The highest BCUT2D eigenvalue weighted by molar-refractivity contribution is 7.80. The molecule has 28 nitrogen and oxygen atoms in total. The SMILES string of the molecule is CCCC[C@H](NC(=O)[C@@H]1CCCN1C(=O)[C@H](CS)NC(=O)[C@H](CC1CCCCC1)NC(=O)[C@@H](NC(=O)[C@@H](NC(=O)[C@H](CCC(=O)O)NC(=O)[C@H](CC(=O)O)NC(C)=O)C(c1ccccc1)c1ccccc1)[C@@H](C)CC)C(=O)N[C@@H](CO)C(=O)N[C@@H](Cc1ccc(O)cc1)C(N)=O. The summed E-state index contributed by atoms with van der Waals surface area (Å²) in [7, 11) is 0. The van der Waals surface area contributed by atoms with Gasteiger partial charge in [0.1, 0.15) is 66.2 Å². The summed E-state index contributed by atoms with van der Waals surface area (Å²) in [5.74, 6) is -14.4. The number of aromatic hydroxyl groups is 1. The number of nitrogens with zero attached hydrogens (tertiary/aromatic N) is 1. The second kappa shape index (κ2) is 39.0. The van der Waals surface area contributed by atoms with Crippen molar-refractivity contribution in [1.29, 1.82) is 0 Å². The van der Waals surface area contributed by atoms with Crippen molar-refractivity contribution >= 4 is 89.5 Å². The van der Waals surface area contributed by atoms with Crippen LogP contribution in [0.2, 0.25) is 0 Å². The number of amides is 11. The lowest BCUT2D eigenvalue weighted by Crippen LogP contribution is -2.62. The molecule has 1 aliphatic heterocycles.